The molecule has 0 aliphatic carbocycles. The third-order valence-corrected chi connectivity index (χ3v) is 7.32. The molecule has 178 valence electrons. The summed E-state index contributed by atoms with van der Waals surface area (Å²) in [5.41, 5.74) is -0.0325. The van der Waals surface area contributed by atoms with E-state index < -0.39 is 27.4 Å². The Bertz CT molecular complexity index is 1260. The van der Waals surface area contributed by atoms with Gasteiger partial charge in [-0.05, 0) is 18.2 Å². The van der Waals surface area contributed by atoms with Crippen molar-refractivity contribution in [2.24, 2.45) is 0 Å². The number of amides is 1. The molecule has 2 aromatic carbocycles. The number of ether oxygens (including phenoxy) is 1. The zero-order valence-electron chi connectivity index (χ0n) is 17.7. The van der Waals surface area contributed by atoms with Crippen LogP contribution in [0, 0.1) is 11.6 Å². The first-order valence-electron chi connectivity index (χ1n) is 9.90. The number of anilines is 1. The molecular weight excluding hydrogens is 496 g/mol. The number of carbonyl (C=O) groups excluding carboxylic acids is 1. The summed E-state index contributed by atoms with van der Waals surface area (Å²) in [7, 11) is -3.67. The van der Waals surface area contributed by atoms with E-state index in [0.29, 0.717) is 32.8 Å². The first-order chi connectivity index (χ1) is 15.2. The average molecular weight is 518 g/mol. The fourth-order valence-corrected chi connectivity index (χ4v) is 5.43. The average Bonchev–Trinajstić information content (AvgIpc) is 3.18. The summed E-state index contributed by atoms with van der Waals surface area (Å²) in [4.78, 5) is 21.1. The van der Waals surface area contributed by atoms with Crippen LogP contribution < -0.4 is 4.90 Å². The smallest absolute Gasteiger partial charge is 0.261 e. The normalized spacial score (nSPS) is 14.8. The fraction of sp³-hybridized carbons (Fsp3) is 0.333. The van der Waals surface area contributed by atoms with Gasteiger partial charge < -0.3 is 4.74 Å². The summed E-state index contributed by atoms with van der Waals surface area (Å²) in [5, 5.41) is 0.172. The Kier molecular flexibility index (Phi) is 8.01. The molecular formula is C21H22ClF2N3O4S2. The van der Waals surface area contributed by atoms with Crippen molar-refractivity contribution in [2.45, 2.75) is 4.90 Å². The Balaban J connectivity index is 0.00000306. The summed E-state index contributed by atoms with van der Waals surface area (Å²) < 4.78 is 58.0. The molecule has 3 aromatic rings. The number of benzene rings is 2. The molecule has 1 aromatic heterocycles. The largest absolute Gasteiger partial charge is 0.379 e. The van der Waals surface area contributed by atoms with E-state index >= 15 is 0 Å². The van der Waals surface area contributed by atoms with Gasteiger partial charge >= 0.3 is 0 Å². The van der Waals surface area contributed by atoms with Crippen molar-refractivity contribution in [3.8, 4) is 0 Å². The molecule has 7 nitrogen and oxygen atoms in total. The van der Waals surface area contributed by atoms with Gasteiger partial charge in [-0.15, -0.1) is 12.4 Å². The van der Waals surface area contributed by atoms with Crippen LogP contribution in [0.1, 0.15) is 10.4 Å². The lowest BCUT2D eigenvalue weighted by Gasteiger charge is -2.29. The molecule has 1 amide bonds. The quantitative estimate of drug-likeness (QED) is 0.499. The van der Waals surface area contributed by atoms with Crippen molar-refractivity contribution in [1.29, 1.82) is 0 Å². The van der Waals surface area contributed by atoms with Crippen LogP contribution in [0.2, 0.25) is 0 Å². The van der Waals surface area contributed by atoms with Crippen LogP contribution in [-0.4, -0.2) is 69.9 Å². The lowest BCUT2D eigenvalue weighted by atomic mass is 10.2. The highest BCUT2D eigenvalue weighted by molar-refractivity contribution is 7.90. The summed E-state index contributed by atoms with van der Waals surface area (Å²) in [6.07, 6.45) is 1.03. The van der Waals surface area contributed by atoms with Crippen LogP contribution in [-0.2, 0) is 14.6 Å². The van der Waals surface area contributed by atoms with E-state index in [2.05, 4.69) is 9.88 Å². The third-order valence-electron chi connectivity index (χ3n) is 5.14. The third kappa shape index (κ3) is 5.67. The van der Waals surface area contributed by atoms with E-state index in [9.17, 15) is 22.0 Å². The van der Waals surface area contributed by atoms with Gasteiger partial charge in [-0.3, -0.25) is 14.6 Å². The van der Waals surface area contributed by atoms with E-state index in [4.69, 9.17) is 4.74 Å². The highest BCUT2D eigenvalue weighted by Gasteiger charge is 2.27. The second kappa shape index (κ2) is 10.4. The van der Waals surface area contributed by atoms with E-state index in [1.54, 1.807) is 12.1 Å². The molecule has 0 unspecified atom stereocenters. The van der Waals surface area contributed by atoms with E-state index in [1.807, 2.05) is 0 Å². The van der Waals surface area contributed by atoms with Crippen LogP contribution in [0.15, 0.2) is 41.3 Å². The predicted octanol–water partition coefficient (Wildman–Crippen LogP) is 3.38. The van der Waals surface area contributed by atoms with E-state index in [1.165, 1.54) is 17.0 Å². The van der Waals surface area contributed by atoms with Crippen molar-refractivity contribution >= 4 is 54.8 Å². The minimum atomic E-state index is -3.67. The maximum Gasteiger partial charge on any atom is 0.261 e. The Morgan fingerprint density at radius 1 is 1.21 bits per heavy atom. The molecule has 0 N–H and O–H groups in total. The van der Waals surface area contributed by atoms with Crippen LogP contribution in [0.3, 0.4) is 0 Å². The second-order valence-electron chi connectivity index (χ2n) is 7.41. The fourth-order valence-electron chi connectivity index (χ4n) is 3.52. The lowest BCUT2D eigenvalue weighted by Crippen LogP contribution is -2.43. The predicted molar refractivity (Wildman–Crippen MR) is 125 cm³/mol. The maximum absolute atomic E-state index is 14.2. The summed E-state index contributed by atoms with van der Waals surface area (Å²) in [6, 6.07) is 7.83. The Labute approximate surface area is 200 Å². The number of hydrogen-bond donors (Lipinski definition) is 0. The van der Waals surface area contributed by atoms with E-state index in [0.717, 1.165) is 29.7 Å². The van der Waals surface area contributed by atoms with Crippen molar-refractivity contribution in [3.05, 3.63) is 53.6 Å². The van der Waals surface area contributed by atoms with Gasteiger partial charge in [0.15, 0.2) is 20.8 Å². The number of aromatic nitrogens is 1. The van der Waals surface area contributed by atoms with Gasteiger partial charge in [0.2, 0.25) is 0 Å². The molecule has 4 rings (SSSR count). The molecule has 0 saturated carbocycles. The molecule has 1 saturated heterocycles. The monoisotopic (exact) mass is 517 g/mol. The number of rotatable bonds is 6. The standard InChI is InChI=1S/C21H21F2N3O4S2.ClH/c1-32(28,29)18-5-3-2-4-15(18)20(27)26(7-6-25-8-10-30-11-9-25)21-24-19-16(23)12-14(22)13-17(19)31-21;/h2-5,12-13H,6-11H2,1H3;1H. The second-order valence-corrected chi connectivity index (χ2v) is 10.4. The van der Waals surface area contributed by atoms with Gasteiger partial charge in [0.1, 0.15) is 11.3 Å². The van der Waals surface area contributed by atoms with Crippen LogP contribution in [0.4, 0.5) is 13.9 Å². The zero-order chi connectivity index (χ0) is 22.9. The van der Waals surface area contributed by atoms with Crippen LogP contribution in [0.5, 0.6) is 0 Å². The highest BCUT2D eigenvalue weighted by Crippen LogP contribution is 2.32. The Hall–Kier alpha value is -2.18. The number of fused-ring (bicyclic) bond motifs is 1. The molecule has 0 bridgehead atoms. The van der Waals surface area contributed by atoms with Gasteiger partial charge in [-0.25, -0.2) is 22.2 Å². The number of morpholine rings is 1. The number of thiazole rings is 1. The molecule has 0 radical (unpaired) electrons. The SMILES string of the molecule is CS(=O)(=O)c1ccccc1C(=O)N(CCN1CCOCC1)c1nc2c(F)cc(F)cc2s1.Cl. The number of hydrogen-bond acceptors (Lipinski definition) is 7. The minimum Gasteiger partial charge on any atom is -0.379 e. The molecule has 33 heavy (non-hydrogen) atoms. The number of nitrogens with zero attached hydrogens (tertiary/aromatic N) is 3. The minimum absolute atomic E-state index is 0. The van der Waals surface area contributed by atoms with Crippen LogP contribution in [0.25, 0.3) is 10.2 Å². The van der Waals surface area contributed by atoms with Crippen molar-refractivity contribution in [1.82, 2.24) is 9.88 Å². The number of sulfone groups is 1. The first kappa shape index (κ1) is 25.4. The Morgan fingerprint density at radius 2 is 1.91 bits per heavy atom. The Morgan fingerprint density at radius 3 is 2.61 bits per heavy atom. The summed E-state index contributed by atoms with van der Waals surface area (Å²) in [5.74, 6) is -2.13. The van der Waals surface area contributed by atoms with Gasteiger partial charge in [0, 0.05) is 38.5 Å². The van der Waals surface area contributed by atoms with Gasteiger partial charge in [0.25, 0.3) is 5.91 Å². The molecule has 1 aliphatic rings. The number of carbonyl (C=O) groups is 1. The molecule has 0 spiro atoms. The van der Waals surface area contributed by atoms with Crippen LogP contribution >= 0.6 is 23.7 Å². The van der Waals surface area contributed by atoms with Gasteiger partial charge in [-0.1, -0.05) is 23.5 Å². The molecule has 2 heterocycles. The summed E-state index contributed by atoms with van der Waals surface area (Å²) >= 11 is 0.978. The topological polar surface area (TPSA) is 79.8 Å². The molecule has 12 heteroatoms. The molecule has 1 fully saturated rings. The molecule has 0 atom stereocenters. The maximum atomic E-state index is 14.2. The first-order valence-corrected chi connectivity index (χ1v) is 12.6. The zero-order valence-corrected chi connectivity index (χ0v) is 20.1. The summed E-state index contributed by atoms with van der Waals surface area (Å²) in [6.45, 7) is 3.24. The van der Waals surface area contributed by atoms with Crippen molar-refractivity contribution in [2.75, 3.05) is 50.5 Å². The van der Waals surface area contributed by atoms with Crippen molar-refractivity contribution < 1.29 is 26.7 Å². The van der Waals surface area contributed by atoms with E-state index in [-0.39, 0.29) is 44.8 Å². The highest BCUT2D eigenvalue weighted by atomic mass is 35.5. The van der Waals surface area contributed by atoms with Crippen molar-refractivity contribution in [3.63, 3.8) is 0 Å². The van der Waals surface area contributed by atoms with Gasteiger partial charge in [0.05, 0.1) is 28.4 Å². The number of halogens is 3. The van der Waals surface area contributed by atoms with Gasteiger partial charge in [-0.2, -0.15) is 0 Å². The lowest BCUT2D eigenvalue weighted by molar-refractivity contribution is 0.0391. The molecule has 1 aliphatic heterocycles.